The van der Waals surface area contributed by atoms with Crippen LogP contribution in [0.4, 0.5) is 4.39 Å². The maximum Gasteiger partial charge on any atom is 0.303 e. The van der Waals surface area contributed by atoms with Gasteiger partial charge in [-0.1, -0.05) is 18.6 Å². The standard InChI is InChI=1S/C14H17FO2/c15-12-4-2-11(3-5-12)6-9-14(7-1-8-14)10-13(16)17/h2-5H,1,6-10H2,(H,16,17). The molecule has 0 aliphatic heterocycles. The van der Waals surface area contributed by atoms with Crippen molar-refractivity contribution in [1.29, 1.82) is 0 Å². The van der Waals surface area contributed by atoms with E-state index in [1.54, 1.807) is 12.1 Å². The molecule has 17 heavy (non-hydrogen) atoms. The summed E-state index contributed by atoms with van der Waals surface area (Å²) >= 11 is 0. The zero-order valence-corrected chi connectivity index (χ0v) is 9.79. The van der Waals surface area contributed by atoms with Gasteiger partial charge in [0.05, 0.1) is 6.42 Å². The Balaban J connectivity index is 1.92. The van der Waals surface area contributed by atoms with E-state index in [9.17, 15) is 9.18 Å². The lowest BCUT2D eigenvalue weighted by Crippen LogP contribution is -2.32. The second kappa shape index (κ2) is 4.86. The fourth-order valence-corrected chi connectivity index (χ4v) is 2.57. The first-order valence-electron chi connectivity index (χ1n) is 6.06. The number of carboxylic acid groups (broad SMARTS) is 1. The Hall–Kier alpha value is -1.38. The third-order valence-electron chi connectivity index (χ3n) is 3.80. The van der Waals surface area contributed by atoms with Crippen LogP contribution >= 0.6 is 0 Å². The normalized spacial score (nSPS) is 17.5. The van der Waals surface area contributed by atoms with Crippen LogP contribution in [0.2, 0.25) is 0 Å². The van der Waals surface area contributed by atoms with E-state index in [0.717, 1.165) is 37.7 Å². The van der Waals surface area contributed by atoms with E-state index in [1.165, 1.54) is 12.1 Å². The Labute approximate surface area is 100 Å². The molecule has 0 unspecified atom stereocenters. The molecule has 0 aromatic heterocycles. The number of halogens is 1. The van der Waals surface area contributed by atoms with Crippen LogP contribution in [-0.4, -0.2) is 11.1 Å². The fourth-order valence-electron chi connectivity index (χ4n) is 2.57. The van der Waals surface area contributed by atoms with Crippen molar-refractivity contribution in [2.45, 2.75) is 38.5 Å². The van der Waals surface area contributed by atoms with Crippen LogP contribution in [0.3, 0.4) is 0 Å². The summed E-state index contributed by atoms with van der Waals surface area (Å²) in [5.41, 5.74) is 1.09. The average molecular weight is 236 g/mol. The lowest BCUT2D eigenvalue weighted by atomic mass is 9.64. The van der Waals surface area contributed by atoms with Gasteiger partial charge in [-0.25, -0.2) is 4.39 Å². The number of carboxylic acids is 1. The summed E-state index contributed by atoms with van der Waals surface area (Å²) in [5, 5.41) is 8.90. The van der Waals surface area contributed by atoms with Crippen LogP contribution in [0, 0.1) is 11.2 Å². The second-order valence-corrected chi connectivity index (χ2v) is 5.05. The van der Waals surface area contributed by atoms with Gasteiger partial charge in [0, 0.05) is 0 Å². The van der Waals surface area contributed by atoms with Gasteiger partial charge in [0.1, 0.15) is 5.82 Å². The van der Waals surface area contributed by atoms with Gasteiger partial charge in [-0.05, 0) is 48.8 Å². The van der Waals surface area contributed by atoms with Crippen LogP contribution in [0.5, 0.6) is 0 Å². The van der Waals surface area contributed by atoms with Crippen molar-refractivity contribution in [3.05, 3.63) is 35.6 Å². The van der Waals surface area contributed by atoms with Gasteiger partial charge in [0.2, 0.25) is 0 Å². The topological polar surface area (TPSA) is 37.3 Å². The van der Waals surface area contributed by atoms with Crippen molar-refractivity contribution in [3.63, 3.8) is 0 Å². The summed E-state index contributed by atoms with van der Waals surface area (Å²) < 4.78 is 12.7. The molecule has 0 spiro atoms. The summed E-state index contributed by atoms with van der Waals surface area (Å²) in [6, 6.07) is 6.48. The summed E-state index contributed by atoms with van der Waals surface area (Å²) in [6.45, 7) is 0. The lowest BCUT2D eigenvalue weighted by molar-refractivity contribution is -0.141. The van der Waals surface area contributed by atoms with Crippen LogP contribution in [0.25, 0.3) is 0 Å². The summed E-state index contributed by atoms with van der Waals surface area (Å²) in [6.07, 6.45) is 5.17. The fraction of sp³-hybridized carbons (Fsp3) is 0.500. The molecule has 0 heterocycles. The molecule has 0 amide bonds. The van der Waals surface area contributed by atoms with Gasteiger partial charge in [-0.3, -0.25) is 4.79 Å². The SMILES string of the molecule is O=C(O)CC1(CCc2ccc(F)cc2)CCC1. The Kier molecular flexibility index (Phi) is 3.46. The maximum atomic E-state index is 12.7. The predicted octanol–water partition coefficient (Wildman–Crippen LogP) is 3.40. The first kappa shape index (κ1) is 12.1. The molecule has 2 nitrogen and oxygen atoms in total. The van der Waals surface area contributed by atoms with Gasteiger partial charge >= 0.3 is 5.97 Å². The molecule has 0 radical (unpaired) electrons. The van der Waals surface area contributed by atoms with Crippen LogP contribution in [-0.2, 0) is 11.2 Å². The van der Waals surface area contributed by atoms with Gasteiger partial charge in [0.25, 0.3) is 0 Å². The molecule has 1 aliphatic carbocycles. The van der Waals surface area contributed by atoms with E-state index in [4.69, 9.17) is 5.11 Å². The second-order valence-electron chi connectivity index (χ2n) is 5.05. The summed E-state index contributed by atoms with van der Waals surface area (Å²) in [5.74, 6) is -0.929. The quantitative estimate of drug-likeness (QED) is 0.850. The molecular formula is C14H17FO2. The Morgan fingerprint density at radius 1 is 1.29 bits per heavy atom. The molecule has 92 valence electrons. The van der Waals surface area contributed by atoms with Crippen molar-refractivity contribution in [1.82, 2.24) is 0 Å². The smallest absolute Gasteiger partial charge is 0.303 e. The average Bonchev–Trinajstić information content (AvgIpc) is 2.23. The first-order valence-corrected chi connectivity index (χ1v) is 6.06. The minimum Gasteiger partial charge on any atom is -0.481 e. The van der Waals surface area contributed by atoms with E-state index in [1.807, 2.05) is 0 Å². The first-order chi connectivity index (χ1) is 8.10. The Morgan fingerprint density at radius 2 is 1.94 bits per heavy atom. The molecule has 1 aliphatic rings. The van der Waals surface area contributed by atoms with E-state index in [0.29, 0.717) is 0 Å². The Bertz CT molecular complexity index is 393. The zero-order chi connectivity index (χ0) is 12.3. The molecule has 3 heteroatoms. The van der Waals surface area contributed by atoms with Crippen molar-refractivity contribution in [2.24, 2.45) is 5.41 Å². The largest absolute Gasteiger partial charge is 0.481 e. The molecule has 0 bridgehead atoms. The monoisotopic (exact) mass is 236 g/mol. The molecule has 0 saturated heterocycles. The highest BCUT2D eigenvalue weighted by atomic mass is 19.1. The van der Waals surface area contributed by atoms with Gasteiger partial charge in [-0.15, -0.1) is 0 Å². The van der Waals surface area contributed by atoms with Crippen LogP contribution < -0.4 is 0 Å². The van der Waals surface area contributed by atoms with Crippen molar-refractivity contribution >= 4 is 5.97 Å². The molecule has 0 atom stereocenters. The van der Waals surface area contributed by atoms with E-state index < -0.39 is 5.97 Å². The number of benzene rings is 1. The van der Waals surface area contributed by atoms with Crippen molar-refractivity contribution < 1.29 is 14.3 Å². The molecule has 1 aromatic rings. The van der Waals surface area contributed by atoms with E-state index in [-0.39, 0.29) is 17.7 Å². The van der Waals surface area contributed by atoms with Gasteiger partial charge < -0.3 is 5.11 Å². The number of aryl methyl sites for hydroxylation is 1. The summed E-state index contributed by atoms with van der Waals surface area (Å²) in [7, 11) is 0. The number of rotatable bonds is 5. The van der Waals surface area contributed by atoms with E-state index in [2.05, 4.69) is 0 Å². The number of aliphatic carboxylic acids is 1. The van der Waals surface area contributed by atoms with Gasteiger partial charge in [0.15, 0.2) is 0 Å². The summed E-state index contributed by atoms with van der Waals surface area (Å²) in [4.78, 5) is 10.8. The number of carbonyl (C=O) groups is 1. The van der Waals surface area contributed by atoms with Crippen LogP contribution in [0.15, 0.2) is 24.3 Å². The minimum atomic E-state index is -0.705. The molecule has 2 rings (SSSR count). The third kappa shape index (κ3) is 3.05. The highest BCUT2D eigenvalue weighted by Crippen LogP contribution is 2.47. The third-order valence-corrected chi connectivity index (χ3v) is 3.80. The van der Waals surface area contributed by atoms with Gasteiger partial charge in [-0.2, -0.15) is 0 Å². The zero-order valence-electron chi connectivity index (χ0n) is 9.79. The minimum absolute atomic E-state index is 0.000218. The van der Waals surface area contributed by atoms with Crippen molar-refractivity contribution in [2.75, 3.05) is 0 Å². The Morgan fingerprint density at radius 3 is 2.41 bits per heavy atom. The molecular weight excluding hydrogens is 219 g/mol. The highest BCUT2D eigenvalue weighted by Gasteiger charge is 2.38. The number of hydrogen-bond donors (Lipinski definition) is 1. The van der Waals surface area contributed by atoms with Crippen LogP contribution in [0.1, 0.15) is 37.7 Å². The molecule has 1 saturated carbocycles. The van der Waals surface area contributed by atoms with E-state index >= 15 is 0 Å². The number of hydrogen-bond acceptors (Lipinski definition) is 1. The van der Waals surface area contributed by atoms with Crippen molar-refractivity contribution in [3.8, 4) is 0 Å². The maximum absolute atomic E-state index is 12.7. The molecule has 1 N–H and O–H groups in total. The molecule has 1 fully saturated rings. The predicted molar refractivity (Wildman–Crippen MR) is 63.3 cm³/mol. The molecule has 1 aromatic carbocycles. The highest BCUT2D eigenvalue weighted by molar-refractivity contribution is 5.67. The lowest BCUT2D eigenvalue weighted by Gasteiger charge is -2.41.